The van der Waals surface area contributed by atoms with Gasteiger partial charge < -0.3 is 19.4 Å². The molecule has 7 heteroatoms. The third-order valence-corrected chi connectivity index (χ3v) is 5.79. The van der Waals surface area contributed by atoms with Crippen molar-refractivity contribution in [3.63, 3.8) is 0 Å². The van der Waals surface area contributed by atoms with Crippen LogP contribution in [0.3, 0.4) is 0 Å². The van der Waals surface area contributed by atoms with Crippen LogP contribution in [0.25, 0.3) is 0 Å². The normalized spacial score (nSPS) is 21.1. The number of aryl methyl sites for hydroxylation is 1. The van der Waals surface area contributed by atoms with E-state index in [0.717, 1.165) is 44.4 Å². The number of carbonyl (C=O) groups excluding carboxylic acids is 1. The molecule has 3 heterocycles. The van der Waals surface area contributed by atoms with Crippen molar-refractivity contribution in [2.45, 2.75) is 19.4 Å². The van der Waals surface area contributed by atoms with E-state index in [4.69, 9.17) is 9.15 Å². The molecule has 7 nitrogen and oxygen atoms in total. The number of hydrogen-bond donors (Lipinski definition) is 1. The third-order valence-electron chi connectivity index (χ3n) is 5.79. The molecule has 2 amide bonds. The van der Waals surface area contributed by atoms with E-state index in [1.165, 1.54) is 5.56 Å². The molecule has 0 bridgehead atoms. The van der Waals surface area contributed by atoms with Gasteiger partial charge in [-0.1, -0.05) is 30.3 Å². The lowest BCUT2D eigenvalue weighted by atomic mass is 9.71. The highest BCUT2D eigenvalue weighted by Gasteiger charge is 2.57. The number of aromatic nitrogens is 1. The van der Waals surface area contributed by atoms with Crippen LogP contribution in [0.4, 0.5) is 4.79 Å². The minimum absolute atomic E-state index is 0.00463. The predicted molar refractivity (Wildman–Crippen MR) is 105 cm³/mol. The largest absolute Gasteiger partial charge is 0.446 e. The highest BCUT2D eigenvalue weighted by Crippen LogP contribution is 2.49. The van der Waals surface area contributed by atoms with E-state index in [-0.39, 0.29) is 17.4 Å². The molecule has 1 spiro atoms. The SMILES string of the molecule is COCCNC(=O)N1CC2(CN(Cc3ccccc3)CC2c2ncc(C)o2)C1. The second-order valence-corrected chi connectivity index (χ2v) is 7.96. The maximum atomic E-state index is 12.4. The number of methoxy groups -OCH3 is 1. The molecular weight excluding hydrogens is 356 g/mol. The van der Waals surface area contributed by atoms with Gasteiger partial charge in [0, 0.05) is 51.8 Å². The Morgan fingerprint density at radius 3 is 2.79 bits per heavy atom. The maximum absolute atomic E-state index is 12.4. The van der Waals surface area contributed by atoms with Crippen molar-refractivity contribution in [1.82, 2.24) is 20.1 Å². The van der Waals surface area contributed by atoms with Crippen LogP contribution in [0.15, 0.2) is 40.9 Å². The predicted octanol–water partition coefficient (Wildman–Crippen LogP) is 2.24. The Hall–Kier alpha value is -2.38. The fourth-order valence-corrected chi connectivity index (χ4v) is 4.46. The van der Waals surface area contributed by atoms with E-state index in [2.05, 4.69) is 39.5 Å². The van der Waals surface area contributed by atoms with Crippen molar-refractivity contribution in [2.24, 2.45) is 5.41 Å². The molecule has 1 N–H and O–H groups in total. The van der Waals surface area contributed by atoms with Crippen molar-refractivity contribution in [3.05, 3.63) is 53.7 Å². The zero-order valence-electron chi connectivity index (χ0n) is 16.6. The quantitative estimate of drug-likeness (QED) is 0.774. The van der Waals surface area contributed by atoms with Crippen LogP contribution in [0.5, 0.6) is 0 Å². The number of likely N-dealkylation sites (tertiary alicyclic amines) is 2. The molecule has 1 aromatic heterocycles. The number of rotatable bonds is 6. The molecule has 2 fully saturated rings. The van der Waals surface area contributed by atoms with E-state index in [0.29, 0.717) is 13.2 Å². The van der Waals surface area contributed by atoms with E-state index >= 15 is 0 Å². The summed E-state index contributed by atoms with van der Waals surface area (Å²) in [4.78, 5) is 21.2. The van der Waals surface area contributed by atoms with Gasteiger partial charge in [0.15, 0.2) is 5.89 Å². The van der Waals surface area contributed by atoms with Crippen LogP contribution in [0.1, 0.15) is 23.1 Å². The number of nitrogens with zero attached hydrogens (tertiary/aromatic N) is 3. The maximum Gasteiger partial charge on any atom is 0.317 e. The van der Waals surface area contributed by atoms with Crippen LogP contribution < -0.4 is 5.32 Å². The molecule has 150 valence electrons. The number of urea groups is 1. The van der Waals surface area contributed by atoms with Gasteiger partial charge in [-0.05, 0) is 12.5 Å². The van der Waals surface area contributed by atoms with Gasteiger partial charge in [-0.25, -0.2) is 9.78 Å². The zero-order valence-corrected chi connectivity index (χ0v) is 16.6. The number of hydrogen-bond acceptors (Lipinski definition) is 5. The topological polar surface area (TPSA) is 70.8 Å². The average molecular weight is 384 g/mol. The van der Waals surface area contributed by atoms with Crippen LogP contribution in [0, 0.1) is 12.3 Å². The first kappa shape index (κ1) is 19.0. The van der Waals surface area contributed by atoms with Crippen molar-refractivity contribution in [1.29, 1.82) is 0 Å². The lowest BCUT2D eigenvalue weighted by molar-refractivity contribution is 0.0208. The summed E-state index contributed by atoms with van der Waals surface area (Å²) in [7, 11) is 1.63. The van der Waals surface area contributed by atoms with Crippen LogP contribution in [-0.4, -0.2) is 67.3 Å². The van der Waals surface area contributed by atoms with Gasteiger partial charge in [-0.3, -0.25) is 4.90 Å². The van der Waals surface area contributed by atoms with Gasteiger partial charge in [0.25, 0.3) is 0 Å². The standard InChI is InChI=1S/C21H28N4O3/c1-16-10-23-19(28-16)18-12-24(11-17-6-4-3-5-7-17)13-21(18)14-25(15-21)20(26)22-8-9-27-2/h3-7,10,18H,8-9,11-15H2,1-2H3,(H,22,26). The van der Waals surface area contributed by atoms with Gasteiger partial charge in [-0.15, -0.1) is 0 Å². The fraction of sp³-hybridized carbons (Fsp3) is 0.524. The third kappa shape index (κ3) is 3.77. The van der Waals surface area contributed by atoms with Gasteiger partial charge in [0.2, 0.25) is 0 Å². The van der Waals surface area contributed by atoms with Crippen LogP contribution >= 0.6 is 0 Å². The summed E-state index contributed by atoms with van der Waals surface area (Å²) in [6.07, 6.45) is 1.79. The molecule has 1 unspecified atom stereocenters. The average Bonchev–Trinajstić information content (AvgIpc) is 3.25. The highest BCUT2D eigenvalue weighted by molar-refractivity contribution is 5.75. The second kappa shape index (κ2) is 7.93. The molecule has 28 heavy (non-hydrogen) atoms. The summed E-state index contributed by atoms with van der Waals surface area (Å²) in [5.41, 5.74) is 1.31. The van der Waals surface area contributed by atoms with E-state index < -0.39 is 0 Å². The summed E-state index contributed by atoms with van der Waals surface area (Å²) < 4.78 is 10.9. The summed E-state index contributed by atoms with van der Waals surface area (Å²) in [5, 5.41) is 2.91. The molecule has 1 atom stereocenters. The Bertz CT molecular complexity index is 801. The highest BCUT2D eigenvalue weighted by atomic mass is 16.5. The summed E-state index contributed by atoms with van der Waals surface area (Å²) >= 11 is 0. The Labute approximate surface area is 165 Å². The number of oxazole rings is 1. The summed E-state index contributed by atoms with van der Waals surface area (Å²) in [5.74, 6) is 1.83. The molecule has 4 rings (SSSR count). The van der Waals surface area contributed by atoms with Crippen molar-refractivity contribution in [3.8, 4) is 0 Å². The fourth-order valence-electron chi connectivity index (χ4n) is 4.46. The summed E-state index contributed by atoms with van der Waals surface area (Å²) in [6.45, 7) is 7.17. The van der Waals surface area contributed by atoms with E-state index in [1.54, 1.807) is 13.3 Å². The van der Waals surface area contributed by atoms with Crippen LogP contribution in [0.2, 0.25) is 0 Å². The van der Waals surface area contributed by atoms with Crippen molar-refractivity contribution in [2.75, 3.05) is 46.4 Å². The molecule has 0 aliphatic carbocycles. The lowest BCUT2D eigenvalue weighted by Gasteiger charge is -2.50. The Kier molecular flexibility index (Phi) is 5.37. The lowest BCUT2D eigenvalue weighted by Crippen LogP contribution is -2.63. The first-order valence-corrected chi connectivity index (χ1v) is 9.80. The number of ether oxygens (including phenoxy) is 1. The van der Waals surface area contributed by atoms with Gasteiger partial charge in [0.1, 0.15) is 5.76 Å². The molecular formula is C21H28N4O3. The Morgan fingerprint density at radius 2 is 2.11 bits per heavy atom. The number of nitrogens with one attached hydrogen (secondary N) is 1. The van der Waals surface area contributed by atoms with Gasteiger partial charge in [0.05, 0.1) is 18.7 Å². The molecule has 2 saturated heterocycles. The Morgan fingerprint density at radius 1 is 1.32 bits per heavy atom. The van der Waals surface area contributed by atoms with Crippen LogP contribution in [-0.2, 0) is 11.3 Å². The molecule has 0 radical (unpaired) electrons. The van der Waals surface area contributed by atoms with E-state index in [1.807, 2.05) is 17.9 Å². The molecule has 1 aromatic carbocycles. The Balaban J connectivity index is 1.45. The zero-order chi connectivity index (χ0) is 19.6. The second-order valence-electron chi connectivity index (χ2n) is 7.96. The molecule has 2 aromatic rings. The van der Waals surface area contributed by atoms with Gasteiger partial charge in [-0.2, -0.15) is 0 Å². The summed E-state index contributed by atoms with van der Waals surface area (Å²) in [6, 6.07) is 10.5. The molecule has 0 saturated carbocycles. The number of amides is 2. The van der Waals surface area contributed by atoms with Gasteiger partial charge >= 0.3 is 6.03 Å². The number of carbonyl (C=O) groups is 1. The smallest absolute Gasteiger partial charge is 0.317 e. The van der Waals surface area contributed by atoms with Crippen molar-refractivity contribution >= 4 is 6.03 Å². The molecule has 2 aliphatic heterocycles. The minimum Gasteiger partial charge on any atom is -0.446 e. The number of benzene rings is 1. The molecule has 2 aliphatic rings. The minimum atomic E-state index is -0.0217. The first-order chi connectivity index (χ1) is 13.6. The van der Waals surface area contributed by atoms with E-state index in [9.17, 15) is 4.79 Å². The monoisotopic (exact) mass is 384 g/mol. The first-order valence-electron chi connectivity index (χ1n) is 9.80. The van der Waals surface area contributed by atoms with Crippen molar-refractivity contribution < 1.29 is 13.9 Å².